The van der Waals surface area contributed by atoms with Crippen LogP contribution in [-0.2, 0) is 61.7 Å². The molecule has 0 aliphatic heterocycles. The van der Waals surface area contributed by atoms with Crippen LogP contribution in [0.3, 0.4) is 0 Å². The zero-order chi connectivity index (χ0) is 37.0. The normalized spacial score (nSPS) is 11.5. The van der Waals surface area contributed by atoms with E-state index >= 15 is 0 Å². The predicted molar refractivity (Wildman–Crippen MR) is 182 cm³/mol. The van der Waals surface area contributed by atoms with Crippen molar-refractivity contribution in [2.24, 2.45) is 0 Å². The summed E-state index contributed by atoms with van der Waals surface area (Å²) in [6, 6.07) is 0. The van der Waals surface area contributed by atoms with E-state index in [0.717, 1.165) is 0 Å². The van der Waals surface area contributed by atoms with E-state index in [1.54, 1.807) is 7.05 Å². The molecule has 0 saturated heterocycles. The molecule has 0 atom stereocenters. The first-order chi connectivity index (χ1) is 24.1. The highest BCUT2D eigenvalue weighted by Crippen LogP contribution is 2.08. The maximum Gasteiger partial charge on any atom is 0.410 e. The first kappa shape index (κ1) is 47.8. The molecule has 0 rings (SSSR count). The molecule has 0 radical (unpaired) electrons. The number of rotatable bonds is 37. The molecule has 0 spiro atoms. The second kappa shape index (κ2) is 35.2. The van der Waals surface area contributed by atoms with Crippen LogP contribution in [0.1, 0.15) is 40.0 Å². The first-order valence-corrected chi connectivity index (χ1v) is 17.3. The number of nitrogens with one attached hydrogen (secondary N) is 1. The molecule has 0 unspecified atom stereocenters. The molecule has 296 valence electrons. The van der Waals surface area contributed by atoms with Gasteiger partial charge in [0, 0.05) is 33.2 Å². The van der Waals surface area contributed by atoms with Crippen molar-refractivity contribution in [3.05, 3.63) is 0 Å². The molecular formula is C33H64N2O15. The molecule has 50 heavy (non-hydrogen) atoms. The maximum absolute atomic E-state index is 11.9. The highest BCUT2D eigenvalue weighted by molar-refractivity contribution is 5.80. The Balaban J connectivity index is 3.17. The molecule has 0 saturated carbocycles. The summed E-state index contributed by atoms with van der Waals surface area (Å²) in [5.74, 6) is -1.26. The number of carboxylic acids is 1. The van der Waals surface area contributed by atoms with Gasteiger partial charge in [0.25, 0.3) is 0 Å². The molecule has 0 bridgehead atoms. The number of hydrogen-bond donors (Lipinski definition) is 2. The van der Waals surface area contributed by atoms with Crippen LogP contribution in [0.25, 0.3) is 0 Å². The lowest BCUT2D eigenvalue weighted by molar-refractivity contribution is -0.138. The molecule has 17 nitrogen and oxygen atoms in total. The van der Waals surface area contributed by atoms with Crippen molar-refractivity contribution in [1.82, 2.24) is 10.2 Å². The Morgan fingerprint density at radius 1 is 0.520 bits per heavy atom. The van der Waals surface area contributed by atoms with E-state index in [9.17, 15) is 14.4 Å². The van der Waals surface area contributed by atoms with E-state index in [-0.39, 0.29) is 24.8 Å². The topological polar surface area (TPSA) is 188 Å². The number of likely N-dealkylation sites (N-methyl/N-ethyl adjacent to an activating group) is 1. The lowest BCUT2D eigenvalue weighted by atomic mass is 10.2. The Morgan fingerprint density at radius 3 is 1.16 bits per heavy atom. The minimum absolute atomic E-state index is 0.0136. The van der Waals surface area contributed by atoms with Crippen LogP contribution >= 0.6 is 0 Å². The van der Waals surface area contributed by atoms with Gasteiger partial charge in [-0.1, -0.05) is 0 Å². The van der Waals surface area contributed by atoms with E-state index in [4.69, 9.17) is 57.2 Å². The fourth-order valence-corrected chi connectivity index (χ4v) is 3.42. The number of carboxylic acid groups (broad SMARTS) is 1. The quantitative estimate of drug-likeness (QED) is 0.0873. The maximum atomic E-state index is 11.9. The van der Waals surface area contributed by atoms with Crippen LogP contribution in [0.2, 0.25) is 0 Å². The fourth-order valence-electron chi connectivity index (χ4n) is 3.42. The lowest BCUT2D eigenvalue weighted by Crippen LogP contribution is -2.36. The Morgan fingerprint density at radius 2 is 0.840 bits per heavy atom. The molecule has 2 amide bonds. The summed E-state index contributed by atoms with van der Waals surface area (Å²) in [5, 5.41) is 11.2. The standard InChI is InChI=1S/C33H64N2O15/c1-33(2,3)50-32(39)35(4)9-11-41-13-15-43-17-19-45-21-23-47-25-27-49-29-28-48-26-24-46-22-20-44-18-16-42-14-12-40-10-5-8-34-30(36)6-7-31(37)38/h5-29H2,1-4H3,(H,34,36)(H,37,38). The van der Waals surface area contributed by atoms with Crippen LogP contribution < -0.4 is 5.32 Å². The van der Waals surface area contributed by atoms with Gasteiger partial charge >= 0.3 is 12.1 Å². The molecule has 2 N–H and O–H groups in total. The highest BCUT2D eigenvalue weighted by atomic mass is 16.6. The Kier molecular flexibility index (Phi) is 33.7. The molecule has 0 aliphatic rings. The van der Waals surface area contributed by atoms with E-state index in [1.807, 2.05) is 20.8 Å². The molecule has 0 fully saturated rings. The summed E-state index contributed by atoms with van der Waals surface area (Å²) in [5.41, 5.74) is -0.517. The number of nitrogens with zero attached hydrogens (tertiary/aromatic N) is 1. The largest absolute Gasteiger partial charge is 0.481 e. The van der Waals surface area contributed by atoms with Crippen molar-refractivity contribution in [2.75, 3.05) is 152 Å². The predicted octanol–water partition coefficient (Wildman–Crippen LogP) is 1.39. The minimum Gasteiger partial charge on any atom is -0.481 e. The molecular weight excluding hydrogens is 664 g/mol. The highest BCUT2D eigenvalue weighted by Gasteiger charge is 2.19. The van der Waals surface area contributed by atoms with Crippen molar-refractivity contribution in [2.45, 2.75) is 45.6 Å². The summed E-state index contributed by atoms with van der Waals surface area (Å²) in [6.45, 7) is 15.6. The van der Waals surface area contributed by atoms with Crippen molar-refractivity contribution in [1.29, 1.82) is 0 Å². The van der Waals surface area contributed by atoms with Crippen molar-refractivity contribution in [3.63, 3.8) is 0 Å². The monoisotopic (exact) mass is 728 g/mol. The molecule has 17 heteroatoms. The van der Waals surface area contributed by atoms with Gasteiger partial charge in [0.1, 0.15) is 5.60 Å². The molecule has 0 aliphatic carbocycles. The number of hydrogen-bond acceptors (Lipinski definition) is 14. The second-order valence-corrected chi connectivity index (χ2v) is 11.6. The van der Waals surface area contributed by atoms with Crippen LogP contribution in [0.5, 0.6) is 0 Å². The van der Waals surface area contributed by atoms with E-state index in [2.05, 4.69) is 5.32 Å². The summed E-state index contributed by atoms with van der Waals surface area (Å²) >= 11 is 0. The Hall–Kier alpha value is -2.19. The van der Waals surface area contributed by atoms with Crippen LogP contribution in [-0.4, -0.2) is 186 Å². The third-order valence-corrected chi connectivity index (χ3v) is 5.98. The van der Waals surface area contributed by atoms with Crippen molar-refractivity contribution in [3.8, 4) is 0 Å². The average molecular weight is 729 g/mol. The van der Waals surface area contributed by atoms with E-state index < -0.39 is 11.6 Å². The third-order valence-electron chi connectivity index (χ3n) is 5.98. The van der Waals surface area contributed by atoms with E-state index in [1.165, 1.54) is 4.90 Å². The van der Waals surface area contributed by atoms with Crippen molar-refractivity contribution >= 4 is 18.0 Å². The number of aliphatic carboxylic acids is 1. The van der Waals surface area contributed by atoms with Gasteiger partial charge in [0.05, 0.1) is 132 Å². The minimum atomic E-state index is -0.986. The first-order valence-electron chi connectivity index (χ1n) is 17.3. The SMILES string of the molecule is CN(CCOCCOCCOCCOCCOCCOCCOCCOCCOCCOCCCNC(=O)CCC(=O)O)C(=O)OC(C)(C)C. The summed E-state index contributed by atoms with van der Waals surface area (Å²) in [6.07, 6.45) is 0.0952. The molecule has 0 aromatic heterocycles. The zero-order valence-corrected chi connectivity index (χ0v) is 30.8. The number of ether oxygens (including phenoxy) is 11. The van der Waals surface area contributed by atoms with Gasteiger partial charge in [-0.05, 0) is 27.2 Å². The van der Waals surface area contributed by atoms with Gasteiger partial charge in [-0.25, -0.2) is 4.79 Å². The fraction of sp³-hybridized carbons (Fsp3) is 0.909. The Labute approximate surface area is 297 Å². The van der Waals surface area contributed by atoms with E-state index in [0.29, 0.717) is 152 Å². The summed E-state index contributed by atoms with van der Waals surface area (Å²) in [7, 11) is 1.68. The number of carbonyl (C=O) groups is 3. The van der Waals surface area contributed by atoms with Gasteiger partial charge in [-0.3, -0.25) is 9.59 Å². The number of carbonyl (C=O) groups excluding carboxylic acids is 2. The van der Waals surface area contributed by atoms with Gasteiger partial charge in [0.15, 0.2) is 0 Å². The molecule has 0 aromatic carbocycles. The van der Waals surface area contributed by atoms with Crippen molar-refractivity contribution < 1.29 is 71.6 Å². The van der Waals surface area contributed by atoms with Gasteiger partial charge in [-0.15, -0.1) is 0 Å². The van der Waals surface area contributed by atoms with Gasteiger partial charge < -0.3 is 67.4 Å². The van der Waals surface area contributed by atoms with Crippen LogP contribution in [0.15, 0.2) is 0 Å². The smallest absolute Gasteiger partial charge is 0.410 e. The molecule has 0 aromatic rings. The zero-order valence-electron chi connectivity index (χ0n) is 30.8. The average Bonchev–Trinajstić information content (AvgIpc) is 3.06. The summed E-state index contributed by atoms with van der Waals surface area (Å²) < 4.78 is 59.8. The van der Waals surface area contributed by atoms with Crippen LogP contribution in [0.4, 0.5) is 4.79 Å². The second-order valence-electron chi connectivity index (χ2n) is 11.6. The van der Waals surface area contributed by atoms with Gasteiger partial charge in [-0.2, -0.15) is 0 Å². The summed E-state index contributed by atoms with van der Waals surface area (Å²) in [4.78, 5) is 35.1. The Bertz CT molecular complexity index is 802. The number of amides is 2. The van der Waals surface area contributed by atoms with Gasteiger partial charge in [0.2, 0.25) is 5.91 Å². The molecule has 0 heterocycles. The van der Waals surface area contributed by atoms with Crippen LogP contribution in [0, 0.1) is 0 Å². The third kappa shape index (κ3) is 38.6. The lowest BCUT2D eigenvalue weighted by Gasteiger charge is -2.24.